The van der Waals surface area contributed by atoms with Crippen LogP contribution in [-0.2, 0) is 4.79 Å². The molecular formula is C11H11NO3. The number of ether oxygens (including phenoxy) is 1. The second-order valence-corrected chi connectivity index (χ2v) is 3.37. The van der Waals surface area contributed by atoms with Crippen molar-refractivity contribution in [3.8, 4) is 11.5 Å². The van der Waals surface area contributed by atoms with Crippen LogP contribution in [0.15, 0.2) is 18.2 Å². The molecule has 0 aliphatic rings. The maximum absolute atomic E-state index is 10.9. The highest BCUT2D eigenvalue weighted by molar-refractivity contribution is 5.94. The van der Waals surface area contributed by atoms with E-state index < -0.39 is 5.97 Å². The van der Waals surface area contributed by atoms with E-state index in [-0.39, 0.29) is 5.75 Å². The Morgan fingerprint density at radius 3 is 2.87 bits per heavy atom. The van der Waals surface area contributed by atoms with Crippen molar-refractivity contribution >= 4 is 16.9 Å². The number of rotatable bonds is 1. The molecule has 0 unspecified atom stereocenters. The van der Waals surface area contributed by atoms with Gasteiger partial charge in [0.15, 0.2) is 5.75 Å². The largest absolute Gasteiger partial charge is 0.507 e. The summed E-state index contributed by atoms with van der Waals surface area (Å²) in [5.41, 5.74) is 1.48. The van der Waals surface area contributed by atoms with E-state index in [1.54, 1.807) is 19.1 Å². The van der Waals surface area contributed by atoms with Crippen molar-refractivity contribution in [2.24, 2.45) is 0 Å². The van der Waals surface area contributed by atoms with Crippen molar-refractivity contribution in [2.75, 3.05) is 0 Å². The first kappa shape index (κ1) is 9.58. The van der Waals surface area contributed by atoms with E-state index in [1.165, 1.54) is 6.92 Å². The molecule has 0 atom stereocenters. The number of aromatic nitrogens is 1. The number of esters is 1. The quantitative estimate of drug-likeness (QED) is 0.701. The van der Waals surface area contributed by atoms with Gasteiger partial charge in [-0.1, -0.05) is 6.07 Å². The Balaban J connectivity index is 2.71. The fourth-order valence-electron chi connectivity index (χ4n) is 1.60. The Bertz CT molecular complexity index is 528. The normalized spacial score (nSPS) is 10.5. The number of aromatic hydroxyl groups is 1. The summed E-state index contributed by atoms with van der Waals surface area (Å²) >= 11 is 0. The average molecular weight is 205 g/mol. The number of aromatic amines is 1. The number of carbonyl (C=O) groups excluding carboxylic acids is 1. The lowest BCUT2D eigenvalue weighted by atomic mass is 10.2. The van der Waals surface area contributed by atoms with Gasteiger partial charge < -0.3 is 14.8 Å². The highest BCUT2D eigenvalue weighted by Gasteiger charge is 2.14. The van der Waals surface area contributed by atoms with Crippen LogP contribution in [0.2, 0.25) is 0 Å². The van der Waals surface area contributed by atoms with Crippen LogP contribution in [0.5, 0.6) is 11.5 Å². The lowest BCUT2D eigenvalue weighted by molar-refractivity contribution is -0.131. The van der Waals surface area contributed by atoms with Crippen LogP contribution < -0.4 is 4.74 Å². The van der Waals surface area contributed by atoms with Gasteiger partial charge >= 0.3 is 5.97 Å². The van der Waals surface area contributed by atoms with Gasteiger partial charge in [0.1, 0.15) is 5.75 Å². The SMILES string of the molecule is CC(=O)Oc1c(C)[nH]c2cccc(O)c12. The summed E-state index contributed by atoms with van der Waals surface area (Å²) in [7, 11) is 0. The molecule has 2 rings (SSSR count). The van der Waals surface area contributed by atoms with Crippen molar-refractivity contribution in [3.05, 3.63) is 23.9 Å². The summed E-state index contributed by atoms with van der Waals surface area (Å²) in [4.78, 5) is 13.9. The third kappa shape index (κ3) is 1.54. The van der Waals surface area contributed by atoms with Crippen LogP contribution in [0.4, 0.5) is 0 Å². The van der Waals surface area contributed by atoms with Gasteiger partial charge in [0.25, 0.3) is 0 Å². The van der Waals surface area contributed by atoms with Crippen molar-refractivity contribution in [1.29, 1.82) is 0 Å². The first-order chi connectivity index (χ1) is 7.09. The molecule has 0 spiro atoms. The molecule has 0 radical (unpaired) electrons. The number of phenolic OH excluding ortho intramolecular Hbond substituents is 1. The van der Waals surface area contributed by atoms with Crippen LogP contribution in [-0.4, -0.2) is 16.1 Å². The number of hydrogen-bond acceptors (Lipinski definition) is 3. The minimum atomic E-state index is -0.401. The molecule has 0 aliphatic carbocycles. The highest BCUT2D eigenvalue weighted by atomic mass is 16.5. The molecule has 0 fully saturated rings. The predicted molar refractivity (Wildman–Crippen MR) is 56.0 cm³/mol. The monoisotopic (exact) mass is 205 g/mol. The number of benzene rings is 1. The summed E-state index contributed by atoms with van der Waals surface area (Å²) in [5, 5.41) is 10.2. The fourth-order valence-corrected chi connectivity index (χ4v) is 1.60. The van der Waals surface area contributed by atoms with Gasteiger partial charge in [-0.25, -0.2) is 0 Å². The number of hydrogen-bond donors (Lipinski definition) is 2. The van der Waals surface area contributed by atoms with E-state index >= 15 is 0 Å². The lowest BCUT2D eigenvalue weighted by Gasteiger charge is -2.01. The summed E-state index contributed by atoms with van der Waals surface area (Å²) in [5.74, 6) is 0.103. The van der Waals surface area contributed by atoms with E-state index in [4.69, 9.17) is 4.74 Å². The Morgan fingerprint density at radius 2 is 2.20 bits per heavy atom. The topological polar surface area (TPSA) is 62.3 Å². The first-order valence-corrected chi connectivity index (χ1v) is 4.58. The van der Waals surface area contributed by atoms with E-state index in [1.807, 2.05) is 6.07 Å². The third-order valence-corrected chi connectivity index (χ3v) is 2.18. The lowest BCUT2D eigenvalue weighted by Crippen LogP contribution is -2.01. The predicted octanol–water partition coefficient (Wildman–Crippen LogP) is 2.11. The van der Waals surface area contributed by atoms with Gasteiger partial charge in [-0.2, -0.15) is 0 Å². The van der Waals surface area contributed by atoms with E-state index in [9.17, 15) is 9.90 Å². The maximum atomic E-state index is 10.9. The summed E-state index contributed by atoms with van der Waals surface area (Å²) in [6, 6.07) is 5.10. The molecule has 2 aromatic rings. The van der Waals surface area contributed by atoms with Crippen LogP contribution in [0.1, 0.15) is 12.6 Å². The van der Waals surface area contributed by atoms with Crippen molar-refractivity contribution < 1.29 is 14.6 Å². The minimum absolute atomic E-state index is 0.105. The number of fused-ring (bicyclic) bond motifs is 1. The molecule has 0 amide bonds. The van der Waals surface area contributed by atoms with Crippen molar-refractivity contribution in [1.82, 2.24) is 4.98 Å². The Kier molecular flexibility index (Phi) is 2.11. The standard InChI is InChI=1S/C11H11NO3/c1-6-11(15-7(2)13)10-8(12-6)4-3-5-9(10)14/h3-5,12,14H,1-2H3. The second kappa shape index (κ2) is 3.31. The summed E-state index contributed by atoms with van der Waals surface area (Å²) in [6.07, 6.45) is 0. The highest BCUT2D eigenvalue weighted by Crippen LogP contribution is 2.35. The minimum Gasteiger partial charge on any atom is -0.507 e. The number of aryl methyl sites for hydroxylation is 1. The molecule has 2 N–H and O–H groups in total. The molecule has 1 aromatic carbocycles. The molecule has 0 aliphatic heterocycles. The Hall–Kier alpha value is -1.97. The summed E-state index contributed by atoms with van der Waals surface area (Å²) < 4.78 is 5.05. The molecule has 4 nitrogen and oxygen atoms in total. The van der Waals surface area contributed by atoms with Gasteiger partial charge in [-0.3, -0.25) is 4.79 Å². The van der Waals surface area contributed by atoms with Crippen LogP contribution >= 0.6 is 0 Å². The molecule has 0 bridgehead atoms. The van der Waals surface area contributed by atoms with Gasteiger partial charge in [-0.15, -0.1) is 0 Å². The Labute approximate surface area is 86.5 Å². The Morgan fingerprint density at radius 1 is 1.47 bits per heavy atom. The van der Waals surface area contributed by atoms with Crippen LogP contribution in [0, 0.1) is 6.92 Å². The molecule has 1 aromatic heterocycles. The van der Waals surface area contributed by atoms with E-state index in [2.05, 4.69) is 4.98 Å². The molecule has 0 saturated heterocycles. The van der Waals surface area contributed by atoms with Gasteiger partial charge in [0, 0.05) is 6.92 Å². The first-order valence-electron chi connectivity index (χ1n) is 4.58. The molecule has 15 heavy (non-hydrogen) atoms. The molecule has 0 saturated carbocycles. The van der Waals surface area contributed by atoms with Gasteiger partial charge in [-0.05, 0) is 19.1 Å². The zero-order chi connectivity index (χ0) is 11.0. The summed E-state index contributed by atoms with van der Waals surface area (Å²) in [6.45, 7) is 3.12. The number of carbonyl (C=O) groups is 1. The van der Waals surface area contributed by atoms with Crippen LogP contribution in [0.25, 0.3) is 10.9 Å². The van der Waals surface area contributed by atoms with E-state index in [0.29, 0.717) is 11.1 Å². The second-order valence-electron chi connectivity index (χ2n) is 3.37. The zero-order valence-electron chi connectivity index (χ0n) is 8.50. The maximum Gasteiger partial charge on any atom is 0.308 e. The number of phenols is 1. The molecule has 1 heterocycles. The third-order valence-electron chi connectivity index (χ3n) is 2.18. The number of nitrogens with one attached hydrogen (secondary N) is 1. The fraction of sp³-hybridized carbons (Fsp3) is 0.182. The van der Waals surface area contributed by atoms with Crippen LogP contribution in [0.3, 0.4) is 0 Å². The number of H-pyrrole nitrogens is 1. The average Bonchev–Trinajstić information content (AvgIpc) is 2.43. The van der Waals surface area contributed by atoms with Gasteiger partial charge in [0.05, 0.1) is 16.6 Å². The molecule has 78 valence electrons. The van der Waals surface area contributed by atoms with Crippen molar-refractivity contribution in [2.45, 2.75) is 13.8 Å². The van der Waals surface area contributed by atoms with Crippen molar-refractivity contribution in [3.63, 3.8) is 0 Å². The molecule has 4 heteroatoms. The smallest absolute Gasteiger partial charge is 0.308 e. The van der Waals surface area contributed by atoms with Gasteiger partial charge in [0.2, 0.25) is 0 Å². The van der Waals surface area contributed by atoms with E-state index in [0.717, 1.165) is 11.2 Å². The molecular weight excluding hydrogens is 194 g/mol. The zero-order valence-corrected chi connectivity index (χ0v) is 8.50.